The molecule has 3 N–H and O–H groups in total. The first-order chi connectivity index (χ1) is 18.6. The largest absolute Gasteiger partial charge is 0.494 e. The fourth-order valence-corrected chi connectivity index (χ4v) is 5.85. The second-order valence-corrected chi connectivity index (χ2v) is 12.6. The lowest BCUT2D eigenvalue weighted by atomic mass is 9.87. The van der Waals surface area contributed by atoms with Crippen molar-refractivity contribution in [1.29, 1.82) is 0 Å². The summed E-state index contributed by atoms with van der Waals surface area (Å²) in [4.78, 5) is 8.99. The average Bonchev–Trinajstić information content (AvgIpc) is 3.40. The maximum absolute atomic E-state index is 10.9. The molecule has 0 aliphatic carbocycles. The highest BCUT2D eigenvalue weighted by atomic mass is 32.1. The second-order valence-electron chi connectivity index (χ2n) is 11.4. The molecule has 2 aromatic heterocycles. The minimum absolute atomic E-state index is 0.0248. The van der Waals surface area contributed by atoms with Crippen LogP contribution in [0.2, 0.25) is 0 Å². The number of piperazine rings is 1. The van der Waals surface area contributed by atoms with Crippen LogP contribution < -0.4 is 4.74 Å². The van der Waals surface area contributed by atoms with Gasteiger partial charge in [-0.3, -0.25) is 14.4 Å². The van der Waals surface area contributed by atoms with E-state index in [0.29, 0.717) is 18.7 Å². The normalized spacial score (nSPS) is 16.1. The number of nitrogens with zero attached hydrogens (tertiary/aromatic N) is 4. The van der Waals surface area contributed by atoms with E-state index in [2.05, 4.69) is 35.6 Å². The van der Waals surface area contributed by atoms with Crippen LogP contribution in [0.4, 0.5) is 0 Å². The summed E-state index contributed by atoms with van der Waals surface area (Å²) >= 11 is 1.66. The molecule has 5 rings (SSSR count). The molecule has 1 unspecified atom stereocenters. The summed E-state index contributed by atoms with van der Waals surface area (Å²) in [7, 11) is 0. The van der Waals surface area contributed by atoms with E-state index in [4.69, 9.17) is 4.74 Å². The standard InChI is InChI=1S/C30H38N4O4S/c1-20-31-26-16-25(9-10-27(26)39-20)38-19-24(35)18-33-13-11-32(12-14-33)17-21-15-28(36)34(29(21)37)23-7-5-22(6-8-23)30(2,3)4/h5-10,15-16,24,35-37H,11-14,17-19H2,1-4H3. The van der Waals surface area contributed by atoms with Gasteiger partial charge in [-0.05, 0) is 42.2 Å². The van der Waals surface area contributed by atoms with Crippen molar-refractivity contribution in [3.63, 3.8) is 0 Å². The molecule has 0 radical (unpaired) electrons. The lowest BCUT2D eigenvalue weighted by molar-refractivity contribution is 0.0445. The maximum Gasteiger partial charge on any atom is 0.203 e. The Morgan fingerprint density at radius 3 is 2.36 bits per heavy atom. The molecule has 0 bridgehead atoms. The van der Waals surface area contributed by atoms with Gasteiger partial charge in [0, 0.05) is 57.0 Å². The summed E-state index contributed by atoms with van der Waals surface area (Å²) < 4.78 is 8.46. The molecule has 4 aromatic rings. The van der Waals surface area contributed by atoms with E-state index in [0.717, 1.165) is 52.8 Å². The van der Waals surface area contributed by atoms with Gasteiger partial charge in [-0.25, -0.2) is 4.98 Å². The monoisotopic (exact) mass is 550 g/mol. The van der Waals surface area contributed by atoms with Crippen LogP contribution in [0, 0.1) is 6.92 Å². The molecule has 8 nitrogen and oxygen atoms in total. The van der Waals surface area contributed by atoms with E-state index in [1.807, 2.05) is 49.4 Å². The van der Waals surface area contributed by atoms with Gasteiger partial charge in [-0.1, -0.05) is 32.9 Å². The maximum atomic E-state index is 10.9. The summed E-state index contributed by atoms with van der Waals surface area (Å²) in [6.07, 6.45) is -0.593. The molecular weight excluding hydrogens is 512 g/mol. The first-order valence-corrected chi connectivity index (χ1v) is 14.2. The summed E-state index contributed by atoms with van der Waals surface area (Å²) in [6, 6.07) is 15.4. The number of aryl methyl sites for hydroxylation is 1. The number of aliphatic hydroxyl groups is 1. The number of aromatic nitrogens is 2. The van der Waals surface area contributed by atoms with E-state index < -0.39 is 6.10 Å². The van der Waals surface area contributed by atoms with Gasteiger partial charge < -0.3 is 20.1 Å². The Labute approximate surface area is 233 Å². The van der Waals surface area contributed by atoms with Gasteiger partial charge in [0.1, 0.15) is 18.5 Å². The summed E-state index contributed by atoms with van der Waals surface area (Å²) in [5.74, 6) is 0.811. The number of hydrogen-bond acceptors (Lipinski definition) is 8. The highest BCUT2D eigenvalue weighted by Gasteiger charge is 2.23. The fraction of sp³-hybridized carbons (Fsp3) is 0.433. The number of fused-ring (bicyclic) bond motifs is 1. The van der Waals surface area contributed by atoms with Gasteiger partial charge in [0.15, 0.2) is 5.88 Å². The number of aromatic hydroxyl groups is 2. The minimum atomic E-state index is -0.593. The SMILES string of the molecule is Cc1nc2cc(OCC(O)CN3CCN(Cc4cc(O)n(-c5ccc(C(C)(C)C)cc5)c4O)CC3)ccc2s1. The molecule has 208 valence electrons. The zero-order chi connectivity index (χ0) is 27.7. The van der Waals surface area contributed by atoms with Gasteiger partial charge in [0.05, 0.1) is 20.9 Å². The van der Waals surface area contributed by atoms with E-state index in [9.17, 15) is 15.3 Å². The van der Waals surface area contributed by atoms with Crippen molar-refractivity contribution in [3.8, 4) is 23.2 Å². The van der Waals surface area contributed by atoms with Gasteiger partial charge in [-0.2, -0.15) is 0 Å². The zero-order valence-electron chi connectivity index (χ0n) is 23.1. The Kier molecular flexibility index (Phi) is 7.87. The highest BCUT2D eigenvalue weighted by molar-refractivity contribution is 7.18. The number of benzene rings is 2. The third-order valence-electron chi connectivity index (χ3n) is 7.26. The molecule has 9 heteroatoms. The van der Waals surface area contributed by atoms with Crippen LogP contribution in [0.3, 0.4) is 0 Å². The van der Waals surface area contributed by atoms with Crippen molar-refractivity contribution < 1.29 is 20.1 Å². The van der Waals surface area contributed by atoms with E-state index >= 15 is 0 Å². The minimum Gasteiger partial charge on any atom is -0.494 e. The number of rotatable bonds is 8. The lowest BCUT2D eigenvalue weighted by Gasteiger charge is -2.35. The van der Waals surface area contributed by atoms with Crippen LogP contribution in [0.25, 0.3) is 15.9 Å². The smallest absolute Gasteiger partial charge is 0.203 e. The molecule has 2 aromatic carbocycles. The molecule has 1 fully saturated rings. The summed E-state index contributed by atoms with van der Waals surface area (Å²) in [5.41, 5.74) is 3.58. The quantitative estimate of drug-likeness (QED) is 0.294. The van der Waals surface area contributed by atoms with Crippen molar-refractivity contribution in [2.45, 2.75) is 45.8 Å². The summed E-state index contributed by atoms with van der Waals surface area (Å²) in [5, 5.41) is 33.1. The Morgan fingerprint density at radius 2 is 1.67 bits per heavy atom. The molecule has 39 heavy (non-hydrogen) atoms. The van der Waals surface area contributed by atoms with E-state index in [-0.39, 0.29) is 23.8 Å². The Balaban J connectivity index is 1.11. The zero-order valence-corrected chi connectivity index (χ0v) is 23.9. The van der Waals surface area contributed by atoms with Crippen molar-refractivity contribution in [2.75, 3.05) is 39.3 Å². The number of β-amino-alcohol motifs (C(OH)–C–C–N with tert-alkyl or cyclic N) is 1. The van der Waals surface area contributed by atoms with Gasteiger partial charge in [-0.15, -0.1) is 11.3 Å². The molecular formula is C30H38N4O4S. The number of aliphatic hydroxyl groups excluding tert-OH is 1. The van der Waals surface area contributed by atoms with Crippen LogP contribution in [-0.2, 0) is 12.0 Å². The second kappa shape index (κ2) is 11.2. The van der Waals surface area contributed by atoms with Crippen LogP contribution in [0.15, 0.2) is 48.5 Å². The molecule has 3 heterocycles. The van der Waals surface area contributed by atoms with Crippen LogP contribution in [0.5, 0.6) is 17.5 Å². The third-order valence-corrected chi connectivity index (χ3v) is 8.21. The van der Waals surface area contributed by atoms with Crippen molar-refractivity contribution in [3.05, 3.63) is 64.7 Å². The van der Waals surface area contributed by atoms with Gasteiger partial charge >= 0.3 is 0 Å². The van der Waals surface area contributed by atoms with Crippen molar-refractivity contribution >= 4 is 21.6 Å². The van der Waals surface area contributed by atoms with Crippen LogP contribution >= 0.6 is 11.3 Å². The molecule has 1 atom stereocenters. The van der Waals surface area contributed by atoms with E-state index in [1.165, 1.54) is 10.1 Å². The fourth-order valence-electron chi connectivity index (χ4n) is 5.04. The molecule has 1 saturated heterocycles. The molecule has 0 spiro atoms. The van der Waals surface area contributed by atoms with Crippen LogP contribution in [-0.4, -0.2) is 80.1 Å². The Morgan fingerprint density at radius 1 is 0.974 bits per heavy atom. The van der Waals surface area contributed by atoms with Gasteiger partial charge in [0.2, 0.25) is 5.88 Å². The molecule has 1 aliphatic rings. The predicted octanol–water partition coefficient (Wildman–Crippen LogP) is 4.66. The third kappa shape index (κ3) is 6.38. The van der Waals surface area contributed by atoms with Gasteiger partial charge in [0.25, 0.3) is 0 Å². The predicted molar refractivity (Wildman–Crippen MR) is 155 cm³/mol. The molecule has 0 saturated carbocycles. The van der Waals surface area contributed by atoms with Crippen molar-refractivity contribution in [2.24, 2.45) is 0 Å². The number of ether oxygens (including phenoxy) is 1. The first-order valence-electron chi connectivity index (χ1n) is 13.4. The number of hydrogen-bond donors (Lipinski definition) is 3. The molecule has 1 aliphatic heterocycles. The molecule has 0 amide bonds. The van der Waals surface area contributed by atoms with E-state index in [1.54, 1.807) is 17.4 Å². The van der Waals surface area contributed by atoms with Crippen LogP contribution in [0.1, 0.15) is 36.9 Å². The topological polar surface area (TPSA) is 94.2 Å². The Bertz CT molecular complexity index is 1420. The summed E-state index contributed by atoms with van der Waals surface area (Å²) in [6.45, 7) is 13.0. The highest BCUT2D eigenvalue weighted by Crippen LogP contribution is 2.33. The first kappa shape index (κ1) is 27.5. The number of thiazole rings is 1. The van der Waals surface area contributed by atoms with Crippen molar-refractivity contribution in [1.82, 2.24) is 19.4 Å². The average molecular weight is 551 g/mol. The Hall–Kier alpha value is -3.11. The lowest BCUT2D eigenvalue weighted by Crippen LogP contribution is -2.48.